The first kappa shape index (κ1) is 20.9. The van der Waals surface area contributed by atoms with E-state index in [2.05, 4.69) is 5.32 Å². The summed E-state index contributed by atoms with van der Waals surface area (Å²) in [5.74, 6) is -2.21. The number of carbonyl (C=O) groups excluding carboxylic acids is 2. The van der Waals surface area contributed by atoms with Crippen molar-refractivity contribution >= 4 is 39.7 Å². The first-order valence-corrected chi connectivity index (χ1v) is 11.6. The highest BCUT2D eigenvalue weighted by Gasteiger charge is 2.64. The van der Waals surface area contributed by atoms with E-state index in [1.54, 1.807) is 13.8 Å². The van der Waals surface area contributed by atoms with Gasteiger partial charge in [0.05, 0.1) is 6.61 Å². The third-order valence-electron chi connectivity index (χ3n) is 5.52. The molecule has 3 aliphatic rings. The normalized spacial score (nSPS) is 27.5. The largest absolute Gasteiger partial charge is 0.493 e. The number of amides is 2. The first-order valence-electron chi connectivity index (χ1n) is 9.17. The molecule has 10 nitrogen and oxygen atoms in total. The molecule has 0 saturated carbocycles. The summed E-state index contributed by atoms with van der Waals surface area (Å²) in [7, 11) is -4.83. The standard InChI is InChI=1S/C18H20N2O8S2/c1-18(2)13(17(23)24)20-15(22)11(16(20)29-18)19-14(21)12(30(25,26)27)9-3-4-10-8(7-9)5-6-28-10/h3-4,7,11-13,16H,5-6H2,1-2H3,(H,19,21)(H,23,24)(H,25,26,27). The summed E-state index contributed by atoms with van der Waals surface area (Å²) >= 11 is 1.22. The van der Waals surface area contributed by atoms with E-state index in [1.165, 1.54) is 34.9 Å². The summed E-state index contributed by atoms with van der Waals surface area (Å²) in [5, 5.41) is 9.31. The van der Waals surface area contributed by atoms with Gasteiger partial charge in [-0.3, -0.25) is 14.1 Å². The van der Waals surface area contributed by atoms with E-state index in [0.29, 0.717) is 18.8 Å². The van der Waals surface area contributed by atoms with Gasteiger partial charge in [0.1, 0.15) is 23.2 Å². The Bertz CT molecular complexity index is 1050. The van der Waals surface area contributed by atoms with E-state index >= 15 is 0 Å². The quantitative estimate of drug-likeness (QED) is 0.416. The Hall–Kier alpha value is -2.31. The van der Waals surface area contributed by atoms with Crippen molar-refractivity contribution in [1.82, 2.24) is 10.2 Å². The number of carboxylic acid groups (broad SMARTS) is 1. The summed E-state index contributed by atoms with van der Waals surface area (Å²) in [4.78, 5) is 38.1. The number of benzene rings is 1. The van der Waals surface area contributed by atoms with Crippen molar-refractivity contribution in [2.75, 3.05) is 6.61 Å². The third kappa shape index (κ3) is 3.22. The maximum atomic E-state index is 12.8. The highest BCUT2D eigenvalue weighted by atomic mass is 32.2. The van der Waals surface area contributed by atoms with Gasteiger partial charge in [-0.15, -0.1) is 11.8 Å². The average molecular weight is 456 g/mol. The van der Waals surface area contributed by atoms with Crippen molar-refractivity contribution in [3.63, 3.8) is 0 Å². The molecular weight excluding hydrogens is 436 g/mol. The van der Waals surface area contributed by atoms with Crippen LogP contribution in [0.5, 0.6) is 5.75 Å². The summed E-state index contributed by atoms with van der Waals surface area (Å²) in [6, 6.07) is 2.27. The molecule has 162 valence electrons. The van der Waals surface area contributed by atoms with Gasteiger partial charge < -0.3 is 20.1 Å². The smallest absolute Gasteiger partial charge is 0.327 e. The zero-order valence-corrected chi connectivity index (χ0v) is 17.7. The summed E-state index contributed by atoms with van der Waals surface area (Å²) in [5.41, 5.74) is 0.780. The van der Waals surface area contributed by atoms with Gasteiger partial charge in [0, 0.05) is 11.2 Å². The van der Waals surface area contributed by atoms with E-state index in [-0.39, 0.29) is 5.56 Å². The number of β-lactam (4-membered cyclic amide) rings is 1. The number of carbonyl (C=O) groups is 3. The van der Waals surface area contributed by atoms with Gasteiger partial charge in [0.25, 0.3) is 10.1 Å². The molecule has 12 heteroatoms. The molecule has 1 aromatic carbocycles. The molecule has 2 amide bonds. The second-order valence-corrected chi connectivity index (χ2v) is 11.2. The van der Waals surface area contributed by atoms with Crippen molar-refractivity contribution < 1.29 is 37.2 Å². The van der Waals surface area contributed by atoms with Gasteiger partial charge in [-0.25, -0.2) is 4.79 Å². The molecule has 30 heavy (non-hydrogen) atoms. The fourth-order valence-electron chi connectivity index (χ4n) is 4.20. The molecule has 3 aliphatic heterocycles. The van der Waals surface area contributed by atoms with Crippen LogP contribution in [-0.4, -0.2) is 69.6 Å². The number of rotatable bonds is 5. The van der Waals surface area contributed by atoms with Gasteiger partial charge in [-0.05, 0) is 31.0 Å². The van der Waals surface area contributed by atoms with Gasteiger partial charge in [0.2, 0.25) is 11.8 Å². The van der Waals surface area contributed by atoms with Crippen LogP contribution in [0.25, 0.3) is 0 Å². The number of thioether (sulfide) groups is 1. The number of fused-ring (bicyclic) bond motifs is 2. The van der Waals surface area contributed by atoms with Gasteiger partial charge in [0.15, 0.2) is 5.25 Å². The van der Waals surface area contributed by atoms with Crippen LogP contribution in [-0.2, 0) is 30.9 Å². The van der Waals surface area contributed by atoms with Gasteiger partial charge in [-0.2, -0.15) is 8.42 Å². The van der Waals surface area contributed by atoms with E-state index in [0.717, 1.165) is 5.56 Å². The van der Waals surface area contributed by atoms with Gasteiger partial charge in [-0.1, -0.05) is 12.1 Å². The Morgan fingerprint density at radius 2 is 2.07 bits per heavy atom. The average Bonchev–Trinajstić information content (AvgIpc) is 3.18. The number of hydrogen-bond acceptors (Lipinski definition) is 7. The Balaban J connectivity index is 1.58. The molecular formula is C18H20N2O8S2. The van der Waals surface area contributed by atoms with Crippen LogP contribution in [0.15, 0.2) is 18.2 Å². The minimum absolute atomic E-state index is 0.0608. The molecule has 2 fully saturated rings. The molecule has 3 heterocycles. The van der Waals surface area contributed by atoms with Crippen LogP contribution in [0.3, 0.4) is 0 Å². The highest BCUT2D eigenvalue weighted by Crippen LogP contribution is 2.50. The zero-order chi connectivity index (χ0) is 22.0. The molecule has 4 atom stereocenters. The Morgan fingerprint density at radius 1 is 1.37 bits per heavy atom. The van der Waals surface area contributed by atoms with E-state index in [1.807, 2.05) is 0 Å². The molecule has 0 radical (unpaired) electrons. The molecule has 4 unspecified atom stereocenters. The second-order valence-electron chi connectivity index (χ2n) is 7.95. The maximum Gasteiger partial charge on any atom is 0.327 e. The third-order valence-corrected chi connectivity index (χ3v) is 8.18. The lowest BCUT2D eigenvalue weighted by Gasteiger charge is -2.43. The van der Waals surface area contributed by atoms with Crippen LogP contribution >= 0.6 is 11.8 Å². The molecule has 1 aromatic rings. The molecule has 2 saturated heterocycles. The maximum absolute atomic E-state index is 12.8. The van der Waals surface area contributed by atoms with Crippen molar-refractivity contribution in [1.29, 1.82) is 0 Å². The number of ether oxygens (including phenoxy) is 1. The van der Waals surface area contributed by atoms with Crippen molar-refractivity contribution in [3.8, 4) is 5.75 Å². The predicted molar refractivity (Wildman–Crippen MR) is 106 cm³/mol. The van der Waals surface area contributed by atoms with E-state index < -0.39 is 55.4 Å². The lowest BCUT2D eigenvalue weighted by Crippen LogP contribution is -2.71. The SMILES string of the molecule is CC1(C)SC2C(NC(=O)C(c3ccc4c(c3)CCO4)S(=O)(=O)O)C(=O)N2C1C(=O)O. The monoisotopic (exact) mass is 456 g/mol. The van der Waals surface area contributed by atoms with Crippen LogP contribution in [0.4, 0.5) is 0 Å². The first-order chi connectivity index (χ1) is 13.9. The minimum atomic E-state index is -4.83. The van der Waals surface area contributed by atoms with Crippen LogP contribution in [0.1, 0.15) is 30.2 Å². The number of nitrogens with zero attached hydrogens (tertiary/aromatic N) is 1. The van der Waals surface area contributed by atoms with E-state index in [9.17, 15) is 32.5 Å². The zero-order valence-electron chi connectivity index (χ0n) is 16.1. The Kier molecular flexibility index (Phi) is 4.79. The minimum Gasteiger partial charge on any atom is -0.493 e. The van der Waals surface area contributed by atoms with Crippen molar-refractivity contribution in [3.05, 3.63) is 29.3 Å². The molecule has 0 spiro atoms. The summed E-state index contributed by atoms with van der Waals surface area (Å²) in [6.07, 6.45) is 0.545. The van der Waals surface area contributed by atoms with Crippen LogP contribution in [0, 0.1) is 0 Å². The molecule has 0 aromatic heterocycles. The molecule has 0 aliphatic carbocycles. The Morgan fingerprint density at radius 3 is 2.70 bits per heavy atom. The predicted octanol–water partition coefficient (Wildman–Crippen LogP) is 0.182. The van der Waals surface area contributed by atoms with Crippen LogP contribution < -0.4 is 10.1 Å². The van der Waals surface area contributed by atoms with Crippen molar-refractivity contribution in [2.45, 2.75) is 47.7 Å². The number of carboxylic acids is 1. The lowest BCUT2D eigenvalue weighted by atomic mass is 9.96. The van der Waals surface area contributed by atoms with Crippen LogP contribution in [0.2, 0.25) is 0 Å². The number of aliphatic carboxylic acids is 1. The van der Waals surface area contributed by atoms with Gasteiger partial charge >= 0.3 is 5.97 Å². The van der Waals surface area contributed by atoms with E-state index in [4.69, 9.17) is 4.74 Å². The molecule has 0 bridgehead atoms. The summed E-state index contributed by atoms with van der Waals surface area (Å²) < 4.78 is 38.3. The lowest BCUT2D eigenvalue weighted by molar-refractivity contribution is -0.161. The fraction of sp³-hybridized carbons (Fsp3) is 0.500. The number of nitrogens with one attached hydrogen (secondary N) is 1. The van der Waals surface area contributed by atoms with Crippen molar-refractivity contribution in [2.24, 2.45) is 0 Å². The Labute approximate surface area is 176 Å². The molecule has 4 rings (SSSR count). The molecule has 3 N–H and O–H groups in total. The summed E-state index contributed by atoms with van der Waals surface area (Å²) in [6.45, 7) is 3.82. The topological polar surface area (TPSA) is 150 Å². The second kappa shape index (κ2) is 6.86. The fourth-order valence-corrected chi connectivity index (χ4v) is 6.66. The highest BCUT2D eigenvalue weighted by molar-refractivity contribution is 8.01. The number of hydrogen-bond donors (Lipinski definition) is 3.